The lowest BCUT2D eigenvalue weighted by atomic mass is 10.1. The van der Waals surface area contributed by atoms with Crippen LogP contribution in [0.25, 0.3) is 0 Å². The van der Waals surface area contributed by atoms with Gasteiger partial charge in [0.15, 0.2) is 0 Å². The summed E-state index contributed by atoms with van der Waals surface area (Å²) in [5.74, 6) is -3.85. The number of hydrogen-bond acceptors (Lipinski definition) is 5. The lowest BCUT2D eigenvalue weighted by Crippen LogP contribution is -2.42. The molecule has 0 saturated heterocycles. The van der Waals surface area contributed by atoms with E-state index in [1.165, 1.54) is 0 Å². The topological polar surface area (TPSA) is 173 Å². The first-order valence-corrected chi connectivity index (χ1v) is 5.53. The molecule has 19 heavy (non-hydrogen) atoms. The first-order chi connectivity index (χ1) is 8.73. The maximum Gasteiger partial charge on any atom is 0.326 e. The Labute approximate surface area is 108 Å². The molecule has 0 bridgehead atoms. The molecule has 0 aliphatic carbocycles. The quantitative estimate of drug-likeness (QED) is 0.324. The molecule has 0 saturated carbocycles. The second-order valence-electron chi connectivity index (χ2n) is 3.95. The van der Waals surface area contributed by atoms with Gasteiger partial charge in [0.05, 0.1) is 0 Å². The highest BCUT2D eigenvalue weighted by Crippen LogP contribution is 2.00. The molecule has 0 rings (SSSR count). The first-order valence-electron chi connectivity index (χ1n) is 5.53. The number of carbonyl (C=O) groups excluding carboxylic acids is 2. The number of carbonyl (C=O) groups is 4. The molecular weight excluding hydrogens is 258 g/mol. The van der Waals surface area contributed by atoms with Crippen molar-refractivity contribution in [3.05, 3.63) is 0 Å². The molecule has 0 aromatic carbocycles. The monoisotopic (exact) mass is 275 g/mol. The molecule has 2 amide bonds. The van der Waals surface area contributed by atoms with Gasteiger partial charge in [0.2, 0.25) is 11.8 Å². The molecule has 0 heterocycles. The molecule has 0 aliphatic rings. The predicted molar refractivity (Wildman–Crippen MR) is 62.8 cm³/mol. The number of nitrogens with two attached hydrogens (primary N) is 2. The van der Waals surface area contributed by atoms with Gasteiger partial charge in [0.1, 0.15) is 12.1 Å². The van der Waals surface area contributed by atoms with Crippen LogP contribution in [0, 0.1) is 0 Å². The Balaban J connectivity index is 4.20. The van der Waals surface area contributed by atoms with Crippen LogP contribution in [0.15, 0.2) is 0 Å². The van der Waals surface area contributed by atoms with Crippen LogP contribution in [-0.4, -0.2) is 46.0 Å². The molecule has 0 spiro atoms. The van der Waals surface area contributed by atoms with Gasteiger partial charge in [0, 0.05) is 12.8 Å². The van der Waals surface area contributed by atoms with E-state index in [0.29, 0.717) is 0 Å². The first kappa shape index (κ1) is 16.8. The number of primary amides is 1. The molecule has 2 atom stereocenters. The van der Waals surface area contributed by atoms with Crippen molar-refractivity contribution in [1.29, 1.82) is 0 Å². The van der Waals surface area contributed by atoms with Crippen molar-refractivity contribution in [2.75, 3.05) is 0 Å². The highest BCUT2D eigenvalue weighted by molar-refractivity contribution is 5.84. The summed E-state index contributed by atoms with van der Waals surface area (Å²) in [6.07, 6.45) is -0.621. The minimum atomic E-state index is -1.29. The molecule has 0 unspecified atom stereocenters. The average Bonchev–Trinajstić information content (AvgIpc) is 2.30. The van der Waals surface area contributed by atoms with Crippen LogP contribution in [0.1, 0.15) is 25.7 Å². The van der Waals surface area contributed by atoms with E-state index in [4.69, 9.17) is 21.7 Å². The van der Waals surface area contributed by atoms with Crippen molar-refractivity contribution in [2.24, 2.45) is 11.5 Å². The van der Waals surface area contributed by atoms with Crippen molar-refractivity contribution in [3.63, 3.8) is 0 Å². The van der Waals surface area contributed by atoms with Gasteiger partial charge in [-0.2, -0.15) is 0 Å². The summed E-state index contributed by atoms with van der Waals surface area (Å²) in [5.41, 5.74) is 10.1. The fourth-order valence-corrected chi connectivity index (χ4v) is 1.22. The number of aliphatic carboxylic acids is 2. The summed E-state index contributed by atoms with van der Waals surface area (Å²) in [6.45, 7) is 0. The van der Waals surface area contributed by atoms with Crippen molar-refractivity contribution in [3.8, 4) is 0 Å². The molecule has 9 heteroatoms. The smallest absolute Gasteiger partial charge is 0.326 e. The fraction of sp³-hybridized carbons (Fsp3) is 0.600. The number of rotatable bonds is 9. The van der Waals surface area contributed by atoms with Crippen LogP contribution in [-0.2, 0) is 19.2 Å². The number of amides is 2. The number of carboxylic acids is 2. The minimum absolute atomic E-state index is 0.108. The van der Waals surface area contributed by atoms with E-state index in [9.17, 15) is 19.2 Å². The normalized spacial score (nSPS) is 13.3. The van der Waals surface area contributed by atoms with Gasteiger partial charge < -0.3 is 27.0 Å². The maximum atomic E-state index is 11.4. The summed E-state index contributed by atoms with van der Waals surface area (Å²) in [7, 11) is 0. The Morgan fingerprint density at radius 1 is 1.00 bits per heavy atom. The number of nitrogens with one attached hydrogen (secondary N) is 1. The highest BCUT2D eigenvalue weighted by Gasteiger charge is 2.21. The highest BCUT2D eigenvalue weighted by atomic mass is 16.4. The molecule has 9 nitrogen and oxygen atoms in total. The standard InChI is InChI=1S/C10H17N3O6/c11-5(9(16)17)1-4-8(15)13-6(10(18)19)2-3-7(12)14/h5-6H,1-4,11H2,(H2,12,14)(H,13,15)(H,16,17)(H,18,19)/t5-,6-/m0/s1. The van der Waals surface area contributed by atoms with E-state index in [-0.39, 0.29) is 25.7 Å². The van der Waals surface area contributed by atoms with Crippen LogP contribution >= 0.6 is 0 Å². The SMILES string of the molecule is NC(=O)CC[C@H](NC(=O)CC[C@H](N)C(=O)O)C(=O)O. The zero-order valence-corrected chi connectivity index (χ0v) is 10.2. The fourth-order valence-electron chi connectivity index (χ4n) is 1.22. The summed E-state index contributed by atoms with van der Waals surface area (Å²) in [5, 5.41) is 19.5. The third-order valence-corrected chi connectivity index (χ3v) is 2.31. The molecule has 0 aliphatic heterocycles. The van der Waals surface area contributed by atoms with Gasteiger partial charge >= 0.3 is 11.9 Å². The van der Waals surface area contributed by atoms with Crippen LogP contribution in [0.4, 0.5) is 0 Å². The summed E-state index contributed by atoms with van der Waals surface area (Å²) >= 11 is 0. The molecule has 108 valence electrons. The molecule has 0 radical (unpaired) electrons. The summed E-state index contributed by atoms with van der Waals surface area (Å²) in [4.78, 5) is 43.2. The Hall–Kier alpha value is -2.16. The van der Waals surface area contributed by atoms with E-state index in [2.05, 4.69) is 5.32 Å². The van der Waals surface area contributed by atoms with Gasteiger partial charge in [0.25, 0.3) is 0 Å². The van der Waals surface area contributed by atoms with E-state index in [0.717, 1.165) is 0 Å². The third kappa shape index (κ3) is 7.71. The number of carboxylic acid groups (broad SMARTS) is 2. The van der Waals surface area contributed by atoms with Crippen LogP contribution < -0.4 is 16.8 Å². The average molecular weight is 275 g/mol. The Morgan fingerprint density at radius 2 is 1.58 bits per heavy atom. The third-order valence-electron chi connectivity index (χ3n) is 2.31. The second-order valence-corrected chi connectivity index (χ2v) is 3.95. The van der Waals surface area contributed by atoms with Gasteiger partial charge in [-0.25, -0.2) is 4.79 Å². The molecule has 0 aromatic rings. The maximum absolute atomic E-state index is 11.4. The van der Waals surface area contributed by atoms with Crippen molar-refractivity contribution >= 4 is 23.8 Å². The van der Waals surface area contributed by atoms with Gasteiger partial charge in [-0.05, 0) is 12.8 Å². The van der Waals surface area contributed by atoms with E-state index in [1.807, 2.05) is 0 Å². The summed E-state index contributed by atoms with van der Waals surface area (Å²) in [6, 6.07) is -2.42. The largest absolute Gasteiger partial charge is 0.480 e. The van der Waals surface area contributed by atoms with Gasteiger partial charge in [-0.3, -0.25) is 14.4 Å². The summed E-state index contributed by atoms with van der Waals surface area (Å²) < 4.78 is 0. The lowest BCUT2D eigenvalue weighted by Gasteiger charge is -2.14. The Bertz CT molecular complexity index is 370. The van der Waals surface area contributed by atoms with Crippen LogP contribution in [0.5, 0.6) is 0 Å². The molecule has 7 N–H and O–H groups in total. The van der Waals surface area contributed by atoms with E-state index < -0.39 is 35.8 Å². The van der Waals surface area contributed by atoms with Crippen molar-refractivity contribution < 1.29 is 29.4 Å². The molecule has 0 aromatic heterocycles. The van der Waals surface area contributed by atoms with Crippen LogP contribution in [0.2, 0.25) is 0 Å². The Morgan fingerprint density at radius 3 is 2.00 bits per heavy atom. The van der Waals surface area contributed by atoms with E-state index >= 15 is 0 Å². The van der Waals surface area contributed by atoms with Crippen molar-refractivity contribution in [2.45, 2.75) is 37.8 Å². The van der Waals surface area contributed by atoms with Gasteiger partial charge in [-0.1, -0.05) is 0 Å². The zero-order valence-electron chi connectivity index (χ0n) is 10.2. The molecular formula is C10H17N3O6. The van der Waals surface area contributed by atoms with Gasteiger partial charge in [-0.15, -0.1) is 0 Å². The molecule has 0 fully saturated rings. The van der Waals surface area contributed by atoms with Crippen LogP contribution in [0.3, 0.4) is 0 Å². The minimum Gasteiger partial charge on any atom is -0.480 e. The predicted octanol–water partition coefficient (Wildman–Crippen LogP) is -1.99. The zero-order chi connectivity index (χ0) is 15.0. The second kappa shape index (κ2) is 8.03. The Kier molecular flexibility index (Phi) is 7.12. The van der Waals surface area contributed by atoms with E-state index in [1.54, 1.807) is 0 Å². The number of hydrogen-bond donors (Lipinski definition) is 5. The van der Waals surface area contributed by atoms with Crippen molar-refractivity contribution in [1.82, 2.24) is 5.32 Å². The lowest BCUT2D eigenvalue weighted by molar-refractivity contribution is -0.142.